The van der Waals surface area contributed by atoms with Crippen LogP contribution in [-0.2, 0) is 6.42 Å². The maximum atomic E-state index is 5.58. The Morgan fingerprint density at radius 2 is 2.05 bits per heavy atom. The molecule has 1 aromatic rings. The van der Waals surface area contributed by atoms with Gasteiger partial charge in [-0.1, -0.05) is 0 Å². The Labute approximate surface area is 116 Å². The molecule has 3 heteroatoms. The molecule has 1 aliphatic carbocycles. The van der Waals surface area contributed by atoms with Crippen molar-refractivity contribution in [1.29, 1.82) is 0 Å². The smallest absolute Gasteiger partial charge is 0.108 e. The molecule has 1 aliphatic heterocycles. The molecule has 1 aromatic heterocycles. The van der Waals surface area contributed by atoms with Crippen molar-refractivity contribution in [2.75, 3.05) is 13.1 Å². The molecule has 2 aliphatic rings. The molecule has 106 valence electrons. The van der Waals surface area contributed by atoms with E-state index in [4.69, 9.17) is 4.42 Å². The fraction of sp³-hybridized carbons (Fsp3) is 0.750. The molecule has 0 saturated carbocycles. The second kappa shape index (κ2) is 5.68. The van der Waals surface area contributed by atoms with E-state index in [2.05, 4.69) is 30.1 Å². The molecule has 1 atom stereocenters. The van der Waals surface area contributed by atoms with Crippen LogP contribution >= 0.6 is 0 Å². The molecular weight excluding hydrogens is 236 g/mol. The zero-order chi connectivity index (χ0) is 13.2. The van der Waals surface area contributed by atoms with Gasteiger partial charge in [0, 0.05) is 30.1 Å². The lowest BCUT2D eigenvalue weighted by Gasteiger charge is -2.37. The summed E-state index contributed by atoms with van der Waals surface area (Å²) in [4.78, 5) is 2.59. The van der Waals surface area contributed by atoms with Crippen molar-refractivity contribution in [3.05, 3.63) is 23.7 Å². The van der Waals surface area contributed by atoms with E-state index in [9.17, 15) is 0 Å². The Balaban J connectivity index is 1.56. The third-order valence-corrected chi connectivity index (χ3v) is 4.75. The maximum Gasteiger partial charge on any atom is 0.108 e. The molecule has 1 N–H and O–H groups in total. The van der Waals surface area contributed by atoms with E-state index < -0.39 is 0 Å². The number of nitrogens with zero attached hydrogens (tertiary/aromatic N) is 1. The molecule has 1 saturated heterocycles. The highest BCUT2D eigenvalue weighted by Crippen LogP contribution is 2.31. The predicted molar refractivity (Wildman–Crippen MR) is 77.3 cm³/mol. The van der Waals surface area contributed by atoms with Crippen molar-refractivity contribution in [3.63, 3.8) is 0 Å². The molecule has 2 heterocycles. The number of piperidine rings is 1. The van der Waals surface area contributed by atoms with Gasteiger partial charge in [0.1, 0.15) is 5.76 Å². The Kier molecular flexibility index (Phi) is 3.94. The van der Waals surface area contributed by atoms with Gasteiger partial charge in [-0.05, 0) is 58.7 Å². The van der Waals surface area contributed by atoms with Gasteiger partial charge in [-0.3, -0.25) is 0 Å². The highest BCUT2D eigenvalue weighted by Gasteiger charge is 2.27. The summed E-state index contributed by atoms with van der Waals surface area (Å²) in [5.41, 5.74) is 1.41. The Morgan fingerprint density at radius 1 is 1.26 bits per heavy atom. The Hall–Kier alpha value is -0.800. The van der Waals surface area contributed by atoms with Gasteiger partial charge < -0.3 is 14.6 Å². The van der Waals surface area contributed by atoms with Crippen LogP contribution in [0.25, 0.3) is 0 Å². The number of likely N-dealkylation sites (tertiary alicyclic amines) is 1. The predicted octanol–water partition coefficient (Wildman–Crippen LogP) is 3.12. The van der Waals surface area contributed by atoms with Gasteiger partial charge in [0.2, 0.25) is 0 Å². The quantitative estimate of drug-likeness (QED) is 0.907. The zero-order valence-electron chi connectivity index (χ0n) is 12.2. The monoisotopic (exact) mass is 262 g/mol. The van der Waals surface area contributed by atoms with Gasteiger partial charge in [0.15, 0.2) is 0 Å². The van der Waals surface area contributed by atoms with E-state index >= 15 is 0 Å². The molecule has 3 rings (SSSR count). The summed E-state index contributed by atoms with van der Waals surface area (Å²) in [6.45, 7) is 7.07. The van der Waals surface area contributed by atoms with Crippen molar-refractivity contribution >= 4 is 0 Å². The first-order valence-corrected chi connectivity index (χ1v) is 7.80. The maximum absolute atomic E-state index is 5.58. The van der Waals surface area contributed by atoms with Gasteiger partial charge in [-0.15, -0.1) is 0 Å². The fourth-order valence-corrected chi connectivity index (χ4v) is 3.53. The lowest BCUT2D eigenvalue weighted by atomic mass is 9.91. The second-order valence-electron chi connectivity index (χ2n) is 6.31. The molecule has 0 spiro atoms. The SMILES string of the molecule is CC(C)N1CCC(NC2CCCc3occc32)CC1. The lowest BCUT2D eigenvalue weighted by Crippen LogP contribution is -2.46. The summed E-state index contributed by atoms with van der Waals surface area (Å²) < 4.78 is 5.58. The van der Waals surface area contributed by atoms with Crippen molar-refractivity contribution in [2.45, 2.75) is 64.1 Å². The second-order valence-corrected chi connectivity index (χ2v) is 6.31. The highest BCUT2D eigenvalue weighted by molar-refractivity contribution is 5.24. The molecule has 19 heavy (non-hydrogen) atoms. The Morgan fingerprint density at radius 3 is 2.79 bits per heavy atom. The van der Waals surface area contributed by atoms with Crippen molar-refractivity contribution < 1.29 is 4.42 Å². The van der Waals surface area contributed by atoms with Crippen LogP contribution in [0.2, 0.25) is 0 Å². The third kappa shape index (κ3) is 2.87. The molecule has 0 amide bonds. The standard InChI is InChI=1S/C16H26N2O/c1-12(2)18-9-6-13(7-10-18)17-15-4-3-5-16-14(15)8-11-19-16/h8,11-13,15,17H,3-7,9-10H2,1-2H3. The summed E-state index contributed by atoms with van der Waals surface area (Å²) in [7, 11) is 0. The molecule has 3 nitrogen and oxygen atoms in total. The topological polar surface area (TPSA) is 28.4 Å². The summed E-state index contributed by atoms with van der Waals surface area (Å²) in [5, 5.41) is 3.87. The van der Waals surface area contributed by atoms with Crippen molar-refractivity contribution in [1.82, 2.24) is 10.2 Å². The molecule has 1 fully saturated rings. The summed E-state index contributed by atoms with van der Waals surface area (Å²) >= 11 is 0. The van der Waals surface area contributed by atoms with Crippen LogP contribution in [0.15, 0.2) is 16.7 Å². The van der Waals surface area contributed by atoms with Gasteiger partial charge >= 0.3 is 0 Å². The van der Waals surface area contributed by atoms with Crippen LogP contribution in [0.3, 0.4) is 0 Å². The highest BCUT2D eigenvalue weighted by atomic mass is 16.3. The number of rotatable bonds is 3. The lowest BCUT2D eigenvalue weighted by molar-refractivity contribution is 0.154. The van der Waals surface area contributed by atoms with E-state index in [-0.39, 0.29) is 0 Å². The van der Waals surface area contributed by atoms with Crippen molar-refractivity contribution in [3.8, 4) is 0 Å². The summed E-state index contributed by atoms with van der Waals surface area (Å²) in [6.07, 6.45) is 8.04. The molecule has 0 aromatic carbocycles. The normalized spacial score (nSPS) is 25.7. The van der Waals surface area contributed by atoms with E-state index in [1.54, 1.807) is 0 Å². The Bertz CT molecular complexity index is 405. The van der Waals surface area contributed by atoms with E-state index in [0.717, 1.165) is 6.42 Å². The minimum absolute atomic E-state index is 0.526. The molecule has 0 bridgehead atoms. The molecular formula is C16H26N2O. The van der Waals surface area contributed by atoms with Crippen LogP contribution in [0.4, 0.5) is 0 Å². The van der Waals surface area contributed by atoms with Crippen LogP contribution < -0.4 is 5.32 Å². The number of fused-ring (bicyclic) bond motifs is 1. The first kappa shape index (κ1) is 13.2. The minimum Gasteiger partial charge on any atom is -0.469 e. The van der Waals surface area contributed by atoms with Gasteiger partial charge in [0.25, 0.3) is 0 Å². The third-order valence-electron chi connectivity index (χ3n) is 4.75. The van der Waals surface area contributed by atoms with Crippen LogP contribution in [-0.4, -0.2) is 30.1 Å². The van der Waals surface area contributed by atoms with Crippen LogP contribution in [0, 0.1) is 0 Å². The van der Waals surface area contributed by atoms with Gasteiger partial charge in [0.05, 0.1) is 6.26 Å². The molecule has 1 unspecified atom stereocenters. The van der Waals surface area contributed by atoms with Crippen LogP contribution in [0.5, 0.6) is 0 Å². The number of hydrogen-bond acceptors (Lipinski definition) is 3. The number of nitrogens with one attached hydrogen (secondary N) is 1. The average Bonchev–Trinajstić information content (AvgIpc) is 2.89. The van der Waals surface area contributed by atoms with Gasteiger partial charge in [-0.2, -0.15) is 0 Å². The first-order chi connectivity index (χ1) is 9.24. The summed E-state index contributed by atoms with van der Waals surface area (Å²) in [5.74, 6) is 1.21. The minimum atomic E-state index is 0.526. The van der Waals surface area contributed by atoms with Crippen LogP contribution in [0.1, 0.15) is 56.9 Å². The van der Waals surface area contributed by atoms with E-state index in [1.807, 2.05) is 6.26 Å². The van der Waals surface area contributed by atoms with Gasteiger partial charge in [-0.25, -0.2) is 0 Å². The fourth-order valence-electron chi connectivity index (χ4n) is 3.53. The number of hydrogen-bond donors (Lipinski definition) is 1. The average molecular weight is 262 g/mol. The number of furan rings is 1. The van der Waals surface area contributed by atoms with Crippen molar-refractivity contribution in [2.24, 2.45) is 0 Å². The first-order valence-electron chi connectivity index (χ1n) is 7.80. The van der Waals surface area contributed by atoms with E-state index in [1.165, 1.54) is 50.1 Å². The largest absolute Gasteiger partial charge is 0.469 e. The summed E-state index contributed by atoms with van der Waals surface area (Å²) in [6, 6.07) is 4.06. The molecule has 0 radical (unpaired) electrons. The van der Waals surface area contributed by atoms with E-state index in [0.29, 0.717) is 18.1 Å². The zero-order valence-corrected chi connectivity index (χ0v) is 12.2. The number of aryl methyl sites for hydroxylation is 1.